The number of anilines is 1. The number of aliphatic hydroxyl groups is 1. The number of fused-ring (bicyclic) bond motifs is 1. The van der Waals surface area contributed by atoms with E-state index in [1.165, 1.54) is 10.8 Å². The molecule has 4 heterocycles. The van der Waals surface area contributed by atoms with Crippen LogP contribution in [0.1, 0.15) is 30.5 Å². The number of nitrogens with zero attached hydrogens (tertiary/aromatic N) is 7. The van der Waals surface area contributed by atoms with Gasteiger partial charge < -0.3 is 14.6 Å². The summed E-state index contributed by atoms with van der Waals surface area (Å²) in [6.45, 7) is 0.935. The Balaban J connectivity index is 1.67. The van der Waals surface area contributed by atoms with Crippen molar-refractivity contribution in [1.29, 1.82) is 0 Å². The van der Waals surface area contributed by atoms with E-state index >= 15 is 0 Å². The van der Waals surface area contributed by atoms with E-state index in [-0.39, 0.29) is 17.5 Å². The van der Waals surface area contributed by atoms with Gasteiger partial charge in [-0.15, -0.1) is 0 Å². The highest BCUT2D eigenvalue weighted by atomic mass is 19.4. The lowest BCUT2D eigenvalue weighted by molar-refractivity contribution is -0.141. The van der Waals surface area contributed by atoms with E-state index in [0.717, 1.165) is 18.9 Å². The Morgan fingerprint density at radius 2 is 2.11 bits per heavy atom. The molecule has 4 rings (SSSR count). The van der Waals surface area contributed by atoms with Crippen LogP contribution < -0.4 is 4.90 Å². The molecular formula is C16H18F3N7O. The minimum absolute atomic E-state index is 0.105. The smallest absolute Gasteiger partial charge is 0.385 e. The van der Waals surface area contributed by atoms with E-state index in [1.54, 1.807) is 28.9 Å². The Kier molecular flexibility index (Phi) is 4.25. The van der Waals surface area contributed by atoms with Crippen LogP contribution in [0.4, 0.5) is 19.0 Å². The maximum atomic E-state index is 13.2. The molecule has 1 fully saturated rings. The van der Waals surface area contributed by atoms with Gasteiger partial charge in [0.15, 0.2) is 5.69 Å². The van der Waals surface area contributed by atoms with Crippen molar-refractivity contribution in [2.45, 2.75) is 25.1 Å². The van der Waals surface area contributed by atoms with Crippen LogP contribution in [0, 0.1) is 5.92 Å². The third kappa shape index (κ3) is 3.22. The summed E-state index contributed by atoms with van der Waals surface area (Å²) in [5.41, 5.74) is -1.01. The van der Waals surface area contributed by atoms with E-state index in [0.29, 0.717) is 18.9 Å². The molecule has 8 nitrogen and oxygen atoms in total. The van der Waals surface area contributed by atoms with Crippen LogP contribution in [0.15, 0.2) is 24.8 Å². The molecule has 2 atom stereocenters. The fourth-order valence-corrected chi connectivity index (χ4v) is 3.52. The minimum Gasteiger partial charge on any atom is -0.385 e. The summed E-state index contributed by atoms with van der Waals surface area (Å²) < 4.78 is 42.7. The highest BCUT2D eigenvalue weighted by Gasteiger charge is 2.36. The van der Waals surface area contributed by atoms with Crippen LogP contribution >= 0.6 is 0 Å². The number of aliphatic hydroxyl groups excluding tert-OH is 1. The van der Waals surface area contributed by atoms with Crippen molar-refractivity contribution in [2.24, 2.45) is 13.0 Å². The Hall–Kier alpha value is -2.69. The SMILES string of the molecule is Cn1ccnc1C(O)C1CCCN(c2cc(C(F)(F)F)nc3ncnn23)C1. The molecule has 0 aromatic carbocycles. The van der Waals surface area contributed by atoms with Crippen molar-refractivity contribution in [1.82, 2.24) is 29.1 Å². The highest BCUT2D eigenvalue weighted by Crippen LogP contribution is 2.34. The van der Waals surface area contributed by atoms with E-state index in [9.17, 15) is 18.3 Å². The Morgan fingerprint density at radius 1 is 1.30 bits per heavy atom. The van der Waals surface area contributed by atoms with Gasteiger partial charge in [-0.3, -0.25) is 0 Å². The van der Waals surface area contributed by atoms with Gasteiger partial charge in [0, 0.05) is 44.5 Å². The van der Waals surface area contributed by atoms with Gasteiger partial charge in [0.25, 0.3) is 5.78 Å². The molecular weight excluding hydrogens is 363 g/mol. The number of alkyl halides is 3. The van der Waals surface area contributed by atoms with Gasteiger partial charge in [-0.05, 0) is 12.8 Å². The number of hydrogen-bond acceptors (Lipinski definition) is 6. The molecule has 0 bridgehead atoms. The van der Waals surface area contributed by atoms with Gasteiger partial charge >= 0.3 is 6.18 Å². The first kappa shape index (κ1) is 17.7. The summed E-state index contributed by atoms with van der Waals surface area (Å²) in [6.07, 6.45) is 0.629. The molecule has 0 saturated carbocycles. The maximum absolute atomic E-state index is 13.2. The summed E-state index contributed by atoms with van der Waals surface area (Å²) in [7, 11) is 1.80. The van der Waals surface area contributed by atoms with Crippen LogP contribution in [-0.2, 0) is 13.2 Å². The molecule has 144 valence electrons. The number of hydrogen-bond donors (Lipinski definition) is 1. The van der Waals surface area contributed by atoms with Gasteiger partial charge in [-0.25, -0.2) is 9.97 Å². The van der Waals surface area contributed by atoms with Gasteiger partial charge in [-0.2, -0.15) is 27.8 Å². The van der Waals surface area contributed by atoms with Crippen molar-refractivity contribution < 1.29 is 18.3 Å². The summed E-state index contributed by atoms with van der Waals surface area (Å²) >= 11 is 0. The summed E-state index contributed by atoms with van der Waals surface area (Å²) in [4.78, 5) is 13.3. The summed E-state index contributed by atoms with van der Waals surface area (Å²) in [5, 5.41) is 14.7. The van der Waals surface area contributed by atoms with E-state index in [4.69, 9.17) is 0 Å². The molecule has 1 aliphatic rings. The third-order valence-corrected chi connectivity index (χ3v) is 4.87. The van der Waals surface area contributed by atoms with Crippen LogP contribution in [0.5, 0.6) is 0 Å². The number of halogens is 3. The van der Waals surface area contributed by atoms with Crippen LogP contribution in [0.2, 0.25) is 0 Å². The minimum atomic E-state index is -4.58. The fourth-order valence-electron chi connectivity index (χ4n) is 3.52. The molecule has 2 unspecified atom stereocenters. The zero-order valence-corrected chi connectivity index (χ0v) is 14.5. The molecule has 27 heavy (non-hydrogen) atoms. The Bertz CT molecular complexity index is 951. The topological polar surface area (TPSA) is 84.4 Å². The summed E-state index contributed by atoms with van der Waals surface area (Å²) in [6, 6.07) is 0.983. The van der Waals surface area contributed by atoms with Crippen molar-refractivity contribution in [3.8, 4) is 0 Å². The van der Waals surface area contributed by atoms with Crippen molar-refractivity contribution >= 4 is 11.6 Å². The molecule has 0 aliphatic carbocycles. The van der Waals surface area contributed by atoms with Crippen molar-refractivity contribution in [2.75, 3.05) is 18.0 Å². The molecule has 0 radical (unpaired) electrons. The van der Waals surface area contributed by atoms with E-state index in [2.05, 4.69) is 20.1 Å². The second-order valence-electron chi connectivity index (χ2n) is 6.66. The first-order valence-corrected chi connectivity index (χ1v) is 8.53. The first-order valence-electron chi connectivity index (χ1n) is 8.53. The molecule has 3 aromatic rings. The number of imidazole rings is 1. The predicted octanol–water partition coefficient (Wildman–Crippen LogP) is 1.83. The standard InChI is InChI=1S/C16H18F3N7O/c1-24-6-4-20-14(24)13(27)10-3-2-5-25(8-10)12-7-11(16(17,18)19)23-15-21-9-22-26(12)15/h4,6-7,9-10,13,27H,2-3,5,8H2,1H3. The van der Waals surface area contributed by atoms with Crippen LogP contribution in [0.3, 0.4) is 0 Å². The van der Waals surface area contributed by atoms with Gasteiger partial charge in [0.1, 0.15) is 24.1 Å². The average Bonchev–Trinajstić information content (AvgIpc) is 3.28. The molecule has 1 N–H and O–H groups in total. The molecule has 3 aromatic heterocycles. The lowest BCUT2D eigenvalue weighted by Crippen LogP contribution is -2.39. The maximum Gasteiger partial charge on any atom is 0.433 e. The lowest BCUT2D eigenvalue weighted by Gasteiger charge is -2.36. The lowest BCUT2D eigenvalue weighted by atomic mass is 9.92. The van der Waals surface area contributed by atoms with Gasteiger partial charge in [-0.1, -0.05) is 0 Å². The Morgan fingerprint density at radius 3 is 2.81 bits per heavy atom. The molecule has 11 heteroatoms. The summed E-state index contributed by atoms with van der Waals surface area (Å²) in [5.74, 6) is 0.535. The number of aryl methyl sites for hydroxylation is 1. The molecule has 0 spiro atoms. The van der Waals surface area contributed by atoms with E-state index < -0.39 is 18.0 Å². The largest absolute Gasteiger partial charge is 0.433 e. The molecule has 1 aliphatic heterocycles. The fraction of sp³-hybridized carbons (Fsp3) is 0.500. The quantitative estimate of drug-likeness (QED) is 0.745. The van der Waals surface area contributed by atoms with Crippen molar-refractivity contribution in [3.05, 3.63) is 36.3 Å². The normalized spacial score (nSPS) is 19.6. The third-order valence-electron chi connectivity index (χ3n) is 4.87. The number of aromatic nitrogens is 6. The molecule has 0 amide bonds. The van der Waals surface area contributed by atoms with Crippen molar-refractivity contribution in [3.63, 3.8) is 0 Å². The second kappa shape index (κ2) is 6.48. The van der Waals surface area contributed by atoms with E-state index in [1.807, 2.05) is 0 Å². The highest BCUT2D eigenvalue weighted by molar-refractivity contribution is 5.48. The average molecular weight is 381 g/mol. The zero-order valence-electron chi connectivity index (χ0n) is 14.5. The molecule has 1 saturated heterocycles. The van der Waals surface area contributed by atoms with Crippen LogP contribution in [-0.4, -0.2) is 47.3 Å². The monoisotopic (exact) mass is 381 g/mol. The number of rotatable bonds is 3. The van der Waals surface area contributed by atoms with Gasteiger partial charge in [0.05, 0.1) is 0 Å². The van der Waals surface area contributed by atoms with Crippen LogP contribution in [0.25, 0.3) is 5.78 Å². The zero-order chi connectivity index (χ0) is 19.2. The second-order valence-corrected chi connectivity index (χ2v) is 6.66. The Labute approximate surface area is 152 Å². The number of piperidine rings is 1. The predicted molar refractivity (Wildman–Crippen MR) is 88.9 cm³/mol. The first-order chi connectivity index (χ1) is 12.8. The van der Waals surface area contributed by atoms with Gasteiger partial charge in [0.2, 0.25) is 0 Å².